The summed E-state index contributed by atoms with van der Waals surface area (Å²) < 4.78 is 84.1. The van der Waals surface area contributed by atoms with Gasteiger partial charge in [-0.25, -0.2) is 17.8 Å². The van der Waals surface area contributed by atoms with Crippen LogP contribution in [0.4, 0.5) is 17.6 Å². The molecule has 152 valence electrons. The minimum Gasteiger partial charge on any atom is -0.378 e. The van der Waals surface area contributed by atoms with Gasteiger partial charge >= 0.3 is 6.18 Å². The van der Waals surface area contributed by atoms with Crippen LogP contribution in [0.25, 0.3) is 0 Å². The molecule has 3 rings (SSSR count). The van der Waals surface area contributed by atoms with Crippen LogP contribution in [-0.4, -0.2) is 74.2 Å². The van der Waals surface area contributed by atoms with Crippen molar-refractivity contribution in [2.24, 2.45) is 0 Å². The Morgan fingerprint density at radius 2 is 1.85 bits per heavy atom. The lowest BCUT2D eigenvalue weighted by molar-refractivity contribution is -0.141. The number of alkyl halides is 4. The molecule has 0 aliphatic carbocycles. The van der Waals surface area contributed by atoms with E-state index in [-0.39, 0.29) is 36.3 Å². The van der Waals surface area contributed by atoms with E-state index in [0.29, 0.717) is 32.2 Å². The van der Waals surface area contributed by atoms with Crippen LogP contribution >= 0.6 is 0 Å². The highest BCUT2D eigenvalue weighted by Crippen LogP contribution is 2.30. The Bertz CT molecular complexity index is 780. The third kappa shape index (κ3) is 4.25. The van der Waals surface area contributed by atoms with Crippen molar-refractivity contribution >= 4 is 10.0 Å². The molecule has 1 aromatic rings. The monoisotopic (exact) mass is 411 g/mol. The molecule has 2 aliphatic heterocycles. The van der Waals surface area contributed by atoms with Crippen molar-refractivity contribution in [2.75, 3.05) is 39.4 Å². The lowest BCUT2D eigenvalue weighted by Gasteiger charge is -2.41. The summed E-state index contributed by atoms with van der Waals surface area (Å²) in [5.74, 6) is 0. The largest absolute Gasteiger partial charge is 0.433 e. The summed E-state index contributed by atoms with van der Waals surface area (Å²) in [4.78, 5) is 5.08. The van der Waals surface area contributed by atoms with Crippen molar-refractivity contribution in [3.05, 3.63) is 23.5 Å². The highest BCUT2D eigenvalue weighted by molar-refractivity contribution is 7.89. The first kappa shape index (κ1) is 20.4. The van der Waals surface area contributed by atoms with Crippen molar-refractivity contribution < 1.29 is 30.7 Å². The number of aryl methyl sites for hydroxylation is 1. The fourth-order valence-electron chi connectivity index (χ4n) is 3.50. The van der Waals surface area contributed by atoms with Gasteiger partial charge in [0.15, 0.2) is 0 Å². The van der Waals surface area contributed by atoms with Crippen molar-refractivity contribution in [1.82, 2.24) is 14.2 Å². The van der Waals surface area contributed by atoms with E-state index in [1.807, 2.05) is 4.90 Å². The van der Waals surface area contributed by atoms with E-state index in [4.69, 9.17) is 4.74 Å². The zero-order valence-corrected chi connectivity index (χ0v) is 15.6. The standard InChI is InChI=1S/C16H21F4N3O3S/c1-11-14(2-3-15(21-11)16(18,19)20)27(24,25)23-7-5-22(6-8-23)13-4-9-26-10-12(13)17/h2-3,12-13H,4-10H2,1H3/t12-,13-/m0/s1. The Morgan fingerprint density at radius 3 is 2.41 bits per heavy atom. The van der Waals surface area contributed by atoms with Gasteiger partial charge in [0.1, 0.15) is 16.8 Å². The second kappa shape index (κ2) is 7.61. The van der Waals surface area contributed by atoms with Crippen LogP contribution in [0.5, 0.6) is 0 Å². The SMILES string of the molecule is Cc1nc(C(F)(F)F)ccc1S(=O)(=O)N1CCN([C@H]2CCOC[C@@H]2F)CC1. The van der Waals surface area contributed by atoms with Crippen LogP contribution in [-0.2, 0) is 20.9 Å². The molecule has 0 saturated carbocycles. The molecule has 0 N–H and O–H groups in total. The Kier molecular flexibility index (Phi) is 5.76. The molecule has 2 aliphatic rings. The molecule has 2 saturated heterocycles. The molecule has 0 amide bonds. The van der Waals surface area contributed by atoms with E-state index in [2.05, 4.69) is 4.98 Å². The highest BCUT2D eigenvalue weighted by atomic mass is 32.2. The fourth-order valence-corrected chi connectivity index (χ4v) is 5.08. The molecule has 1 aromatic heterocycles. The number of nitrogens with zero attached hydrogens (tertiary/aromatic N) is 3. The van der Waals surface area contributed by atoms with Gasteiger partial charge in [-0.2, -0.15) is 17.5 Å². The number of sulfonamides is 1. The minimum atomic E-state index is -4.63. The average Bonchev–Trinajstić information content (AvgIpc) is 2.61. The number of ether oxygens (including phenoxy) is 1. The topological polar surface area (TPSA) is 62.7 Å². The maximum atomic E-state index is 14.0. The van der Waals surface area contributed by atoms with Crippen molar-refractivity contribution in [3.8, 4) is 0 Å². The van der Waals surface area contributed by atoms with Crippen molar-refractivity contribution in [1.29, 1.82) is 0 Å². The number of rotatable bonds is 3. The maximum Gasteiger partial charge on any atom is 0.433 e. The minimum absolute atomic E-state index is 0.0413. The molecule has 27 heavy (non-hydrogen) atoms. The highest BCUT2D eigenvalue weighted by Gasteiger charge is 2.37. The number of halogens is 4. The van der Waals surface area contributed by atoms with E-state index in [1.54, 1.807) is 0 Å². The van der Waals surface area contributed by atoms with E-state index in [0.717, 1.165) is 6.07 Å². The summed E-state index contributed by atoms with van der Waals surface area (Å²) in [6.07, 6.45) is -5.19. The Labute approximate surface area is 155 Å². The Balaban J connectivity index is 1.72. The normalized spacial score (nSPS) is 26.3. The molecule has 0 radical (unpaired) electrons. The van der Waals surface area contributed by atoms with Gasteiger partial charge in [-0.15, -0.1) is 0 Å². The van der Waals surface area contributed by atoms with Crippen molar-refractivity contribution in [2.45, 2.75) is 36.6 Å². The van der Waals surface area contributed by atoms with Crippen molar-refractivity contribution in [3.63, 3.8) is 0 Å². The molecule has 0 bridgehead atoms. The summed E-state index contributed by atoms with van der Waals surface area (Å²) in [5, 5.41) is 0. The third-order valence-electron chi connectivity index (χ3n) is 4.94. The first-order valence-corrected chi connectivity index (χ1v) is 10.1. The van der Waals surface area contributed by atoms with E-state index in [9.17, 15) is 26.0 Å². The molecular weight excluding hydrogens is 390 g/mol. The second-order valence-electron chi connectivity index (χ2n) is 6.66. The van der Waals surface area contributed by atoms with E-state index < -0.39 is 28.1 Å². The molecular formula is C16H21F4N3O3S. The molecule has 3 heterocycles. The summed E-state index contributed by atoms with van der Waals surface area (Å²) in [6, 6.07) is 1.33. The van der Waals surface area contributed by atoms with Gasteiger partial charge in [-0.3, -0.25) is 4.90 Å². The predicted molar refractivity (Wildman–Crippen MR) is 88.4 cm³/mol. The lowest BCUT2D eigenvalue weighted by atomic mass is 10.0. The molecule has 2 atom stereocenters. The second-order valence-corrected chi connectivity index (χ2v) is 8.57. The summed E-state index contributed by atoms with van der Waals surface area (Å²) in [5.41, 5.74) is -1.32. The predicted octanol–water partition coefficient (Wildman–Crippen LogP) is 1.84. The fraction of sp³-hybridized carbons (Fsp3) is 0.688. The van der Waals surface area contributed by atoms with Gasteiger partial charge in [0.25, 0.3) is 0 Å². The first-order valence-electron chi connectivity index (χ1n) is 8.61. The van der Waals surface area contributed by atoms with Gasteiger partial charge < -0.3 is 4.74 Å². The van der Waals surface area contributed by atoms with Gasteiger partial charge in [0, 0.05) is 38.8 Å². The quantitative estimate of drug-likeness (QED) is 0.711. The van der Waals surface area contributed by atoms with E-state index in [1.165, 1.54) is 11.2 Å². The van der Waals surface area contributed by atoms with Crippen LogP contribution in [0.3, 0.4) is 0 Å². The van der Waals surface area contributed by atoms with Crippen LogP contribution in [0.15, 0.2) is 17.0 Å². The van der Waals surface area contributed by atoms with Crippen LogP contribution in [0.1, 0.15) is 17.8 Å². The zero-order chi connectivity index (χ0) is 19.8. The third-order valence-corrected chi connectivity index (χ3v) is 6.97. The van der Waals surface area contributed by atoms with E-state index >= 15 is 0 Å². The zero-order valence-electron chi connectivity index (χ0n) is 14.7. The molecule has 0 aromatic carbocycles. The molecule has 0 spiro atoms. The summed E-state index contributed by atoms with van der Waals surface area (Å²) in [6.45, 7) is 2.77. The summed E-state index contributed by atoms with van der Waals surface area (Å²) in [7, 11) is -3.96. The lowest BCUT2D eigenvalue weighted by Crippen LogP contribution is -2.56. The number of piperazine rings is 1. The Hall–Kier alpha value is -1.30. The first-order chi connectivity index (χ1) is 12.6. The average molecular weight is 411 g/mol. The van der Waals surface area contributed by atoms with Gasteiger partial charge in [-0.05, 0) is 25.5 Å². The molecule has 0 unspecified atom stereocenters. The summed E-state index contributed by atoms with van der Waals surface area (Å²) >= 11 is 0. The number of pyridine rings is 1. The van der Waals surface area contributed by atoms with Crippen LogP contribution < -0.4 is 0 Å². The Morgan fingerprint density at radius 1 is 1.19 bits per heavy atom. The smallest absolute Gasteiger partial charge is 0.378 e. The molecule has 11 heteroatoms. The van der Waals surface area contributed by atoms with Gasteiger partial charge in [0.2, 0.25) is 10.0 Å². The number of hydrogen-bond acceptors (Lipinski definition) is 5. The molecule has 2 fully saturated rings. The maximum absolute atomic E-state index is 14.0. The van der Waals surface area contributed by atoms with Crippen LogP contribution in [0.2, 0.25) is 0 Å². The number of hydrogen-bond donors (Lipinski definition) is 0. The van der Waals surface area contributed by atoms with Gasteiger partial charge in [0.05, 0.1) is 12.3 Å². The number of aromatic nitrogens is 1. The van der Waals surface area contributed by atoms with Gasteiger partial charge in [-0.1, -0.05) is 0 Å². The molecule has 6 nitrogen and oxygen atoms in total. The van der Waals surface area contributed by atoms with Crippen LogP contribution in [0, 0.1) is 6.92 Å².